The first-order valence-electron chi connectivity index (χ1n) is 8.27. The summed E-state index contributed by atoms with van der Waals surface area (Å²) in [5.74, 6) is -1.19. The number of halogens is 1. The molecule has 6 nitrogen and oxygen atoms in total. The molecule has 1 aliphatic rings. The fourth-order valence-electron chi connectivity index (χ4n) is 2.85. The van der Waals surface area contributed by atoms with E-state index in [1.807, 2.05) is 7.05 Å². The van der Waals surface area contributed by atoms with Crippen LogP contribution in [0.25, 0.3) is 0 Å². The lowest BCUT2D eigenvalue weighted by Crippen LogP contribution is -3.10. The van der Waals surface area contributed by atoms with E-state index in [0.717, 1.165) is 4.90 Å². The Kier molecular flexibility index (Phi) is 5.09. The molecule has 2 aromatic rings. The molecule has 1 unspecified atom stereocenters. The number of hydrogen-bond donors (Lipinski definition) is 2. The van der Waals surface area contributed by atoms with E-state index in [1.54, 1.807) is 24.3 Å². The van der Waals surface area contributed by atoms with Gasteiger partial charge < -0.3 is 10.2 Å². The topological polar surface area (TPSA) is 70.9 Å². The van der Waals surface area contributed by atoms with Gasteiger partial charge in [-0.15, -0.1) is 0 Å². The van der Waals surface area contributed by atoms with Crippen molar-refractivity contribution in [2.24, 2.45) is 0 Å². The molecule has 0 spiro atoms. The number of anilines is 1. The maximum absolute atomic E-state index is 12.9. The van der Waals surface area contributed by atoms with Crippen molar-refractivity contribution in [3.05, 3.63) is 65.5 Å². The fourth-order valence-corrected chi connectivity index (χ4v) is 2.85. The molecule has 0 radical (unpaired) electrons. The number of benzene rings is 2. The number of nitrogens with one attached hydrogen (secondary N) is 2. The highest BCUT2D eigenvalue weighted by Gasteiger charge is 2.35. The highest BCUT2D eigenvalue weighted by molar-refractivity contribution is 6.21. The maximum atomic E-state index is 12.9. The lowest BCUT2D eigenvalue weighted by atomic mass is 10.1. The number of carbonyl (C=O) groups excluding carboxylic acids is 3. The van der Waals surface area contributed by atoms with Gasteiger partial charge in [-0.3, -0.25) is 19.3 Å². The Hall–Kier alpha value is -3.06. The molecule has 0 saturated heterocycles. The minimum Gasteiger partial charge on any atom is -0.328 e. The summed E-state index contributed by atoms with van der Waals surface area (Å²) >= 11 is 0. The molecule has 0 fully saturated rings. The van der Waals surface area contributed by atoms with Crippen LogP contribution in [0.2, 0.25) is 0 Å². The van der Waals surface area contributed by atoms with Crippen molar-refractivity contribution in [3.8, 4) is 0 Å². The number of likely N-dealkylation sites (N-methyl/N-ethyl adjacent to an activating group) is 1. The summed E-state index contributed by atoms with van der Waals surface area (Å²) in [5.41, 5.74) is 1.36. The molecule has 2 aromatic carbocycles. The van der Waals surface area contributed by atoms with Gasteiger partial charge in [0.25, 0.3) is 17.7 Å². The van der Waals surface area contributed by atoms with Crippen molar-refractivity contribution in [3.63, 3.8) is 0 Å². The molecule has 3 rings (SSSR count). The Balaban J connectivity index is 1.51. The van der Waals surface area contributed by atoms with Crippen molar-refractivity contribution in [2.75, 3.05) is 32.0 Å². The highest BCUT2D eigenvalue weighted by atomic mass is 19.1. The standard InChI is InChI=1S/C19H18FN3O3/c1-22(12-17(24)21-14-8-6-13(20)7-9-14)10-11-23-18(25)15-4-2-3-5-16(15)19(23)26/h2-9H,10-12H2,1H3,(H,21,24)/p+1. The van der Waals surface area contributed by atoms with Gasteiger partial charge in [0.1, 0.15) is 5.82 Å². The minimum absolute atomic E-state index is 0.167. The summed E-state index contributed by atoms with van der Waals surface area (Å²) in [6.45, 7) is 0.852. The first-order chi connectivity index (χ1) is 12.5. The Morgan fingerprint density at radius 1 is 1.04 bits per heavy atom. The molecular weight excluding hydrogens is 337 g/mol. The van der Waals surface area contributed by atoms with E-state index in [4.69, 9.17) is 0 Å². The summed E-state index contributed by atoms with van der Waals surface area (Å²) in [6.07, 6.45) is 0. The number of rotatable bonds is 6. The summed E-state index contributed by atoms with van der Waals surface area (Å²) in [7, 11) is 1.81. The predicted molar refractivity (Wildman–Crippen MR) is 93.5 cm³/mol. The number of fused-ring (bicyclic) bond motifs is 1. The summed E-state index contributed by atoms with van der Waals surface area (Å²) in [4.78, 5) is 38.7. The molecule has 1 atom stereocenters. The number of hydrogen-bond acceptors (Lipinski definition) is 3. The third-order valence-electron chi connectivity index (χ3n) is 4.23. The molecule has 134 valence electrons. The summed E-state index contributed by atoms with van der Waals surface area (Å²) < 4.78 is 12.9. The molecule has 2 N–H and O–H groups in total. The van der Waals surface area contributed by atoms with Crippen LogP contribution in [0.1, 0.15) is 20.7 Å². The minimum atomic E-state index is -0.369. The first-order valence-corrected chi connectivity index (χ1v) is 8.27. The summed E-state index contributed by atoms with van der Waals surface area (Å²) in [6, 6.07) is 12.3. The van der Waals surface area contributed by atoms with Crippen LogP contribution in [0.4, 0.5) is 10.1 Å². The normalized spacial score (nSPS) is 14.3. The van der Waals surface area contributed by atoms with Crippen LogP contribution in [0, 0.1) is 5.82 Å². The van der Waals surface area contributed by atoms with Crippen LogP contribution < -0.4 is 10.2 Å². The van der Waals surface area contributed by atoms with Gasteiger partial charge in [0.05, 0.1) is 31.3 Å². The van der Waals surface area contributed by atoms with Gasteiger partial charge in [0.2, 0.25) is 0 Å². The maximum Gasteiger partial charge on any atom is 0.279 e. The van der Waals surface area contributed by atoms with E-state index in [1.165, 1.54) is 29.2 Å². The van der Waals surface area contributed by atoms with Crippen LogP contribution in [0.3, 0.4) is 0 Å². The molecule has 0 aliphatic carbocycles. The van der Waals surface area contributed by atoms with Crippen LogP contribution in [-0.2, 0) is 4.79 Å². The van der Waals surface area contributed by atoms with E-state index < -0.39 is 0 Å². The third kappa shape index (κ3) is 3.78. The van der Waals surface area contributed by atoms with Gasteiger partial charge >= 0.3 is 0 Å². The van der Waals surface area contributed by atoms with Crippen LogP contribution in [0.5, 0.6) is 0 Å². The van der Waals surface area contributed by atoms with Gasteiger partial charge in [-0.05, 0) is 36.4 Å². The number of carbonyl (C=O) groups is 3. The van der Waals surface area contributed by atoms with E-state index >= 15 is 0 Å². The molecule has 26 heavy (non-hydrogen) atoms. The van der Waals surface area contributed by atoms with Gasteiger partial charge in [0, 0.05) is 5.69 Å². The van der Waals surface area contributed by atoms with Crippen LogP contribution in [-0.4, -0.2) is 49.3 Å². The fraction of sp³-hybridized carbons (Fsp3) is 0.211. The zero-order valence-corrected chi connectivity index (χ0v) is 14.3. The largest absolute Gasteiger partial charge is 0.328 e. The van der Waals surface area contributed by atoms with Crippen LogP contribution in [0.15, 0.2) is 48.5 Å². The quantitative estimate of drug-likeness (QED) is 0.744. The monoisotopic (exact) mass is 356 g/mol. The second-order valence-electron chi connectivity index (χ2n) is 6.25. The van der Waals surface area contributed by atoms with E-state index in [-0.39, 0.29) is 36.6 Å². The molecule has 7 heteroatoms. The molecule has 1 aliphatic heterocycles. The average molecular weight is 356 g/mol. The molecule has 0 bridgehead atoms. The van der Waals surface area contributed by atoms with Gasteiger partial charge in [-0.1, -0.05) is 12.1 Å². The molecule has 0 aromatic heterocycles. The van der Waals surface area contributed by atoms with Gasteiger partial charge in [0.15, 0.2) is 6.54 Å². The zero-order valence-electron chi connectivity index (χ0n) is 14.3. The van der Waals surface area contributed by atoms with Crippen molar-refractivity contribution >= 4 is 23.4 Å². The lowest BCUT2D eigenvalue weighted by Gasteiger charge is -2.18. The second kappa shape index (κ2) is 7.45. The van der Waals surface area contributed by atoms with E-state index in [0.29, 0.717) is 23.4 Å². The van der Waals surface area contributed by atoms with Crippen molar-refractivity contribution in [1.29, 1.82) is 0 Å². The Morgan fingerprint density at radius 2 is 1.62 bits per heavy atom. The van der Waals surface area contributed by atoms with Gasteiger partial charge in [-0.25, -0.2) is 4.39 Å². The second-order valence-corrected chi connectivity index (χ2v) is 6.25. The number of amides is 3. The number of imide groups is 1. The van der Waals surface area contributed by atoms with Crippen LogP contribution >= 0.6 is 0 Å². The van der Waals surface area contributed by atoms with Crippen molar-refractivity contribution in [1.82, 2.24) is 4.90 Å². The van der Waals surface area contributed by atoms with E-state index in [9.17, 15) is 18.8 Å². The SMILES string of the molecule is C[NH+](CCN1C(=O)c2ccccc2C1=O)CC(=O)Nc1ccc(F)cc1. The third-order valence-corrected chi connectivity index (χ3v) is 4.23. The predicted octanol–water partition coefficient (Wildman–Crippen LogP) is 0.575. The smallest absolute Gasteiger partial charge is 0.279 e. The molecular formula is C19H19FN3O3+. The Morgan fingerprint density at radius 3 is 2.19 bits per heavy atom. The van der Waals surface area contributed by atoms with Gasteiger partial charge in [-0.2, -0.15) is 0 Å². The molecule has 0 saturated carbocycles. The Bertz CT molecular complexity index is 816. The van der Waals surface area contributed by atoms with Crippen molar-refractivity contribution in [2.45, 2.75) is 0 Å². The van der Waals surface area contributed by atoms with E-state index in [2.05, 4.69) is 5.32 Å². The molecule has 3 amide bonds. The highest BCUT2D eigenvalue weighted by Crippen LogP contribution is 2.21. The average Bonchev–Trinajstić information content (AvgIpc) is 2.86. The number of nitrogens with zero attached hydrogens (tertiary/aromatic N) is 1. The zero-order chi connectivity index (χ0) is 18.7. The Labute approximate surface area is 150 Å². The lowest BCUT2D eigenvalue weighted by molar-refractivity contribution is -0.870. The number of quaternary nitrogens is 1. The van der Waals surface area contributed by atoms with Crippen molar-refractivity contribution < 1.29 is 23.7 Å². The summed E-state index contributed by atoms with van der Waals surface area (Å²) in [5, 5.41) is 2.69. The first kappa shape index (κ1) is 17.8. The molecule has 1 heterocycles.